The van der Waals surface area contributed by atoms with Gasteiger partial charge in [-0.3, -0.25) is 20.6 Å². The van der Waals surface area contributed by atoms with Crippen LogP contribution in [0.1, 0.15) is 19.8 Å². The van der Waals surface area contributed by atoms with Gasteiger partial charge >= 0.3 is 5.97 Å². The van der Waals surface area contributed by atoms with E-state index in [4.69, 9.17) is 15.5 Å². The first kappa shape index (κ1) is 16.7. The molecule has 1 aromatic rings. The van der Waals surface area contributed by atoms with Crippen molar-refractivity contribution in [1.29, 1.82) is 0 Å². The van der Waals surface area contributed by atoms with Crippen LogP contribution in [0.4, 0.5) is 17.1 Å². The van der Waals surface area contributed by atoms with Gasteiger partial charge in [-0.15, -0.1) is 5.23 Å². The molecule has 0 unspecified atom stereocenters. The zero-order valence-corrected chi connectivity index (χ0v) is 11.1. The van der Waals surface area contributed by atoms with Crippen molar-refractivity contribution in [3.05, 3.63) is 28.6 Å². The summed E-state index contributed by atoms with van der Waals surface area (Å²) >= 11 is 0. The van der Waals surface area contributed by atoms with Crippen molar-refractivity contribution in [1.82, 2.24) is 0 Å². The van der Waals surface area contributed by atoms with Crippen LogP contribution < -0.4 is 15.9 Å². The monoisotopic (exact) mass is 298 g/mol. The minimum absolute atomic E-state index is 0.0870. The van der Waals surface area contributed by atoms with E-state index in [1.54, 1.807) is 6.92 Å². The van der Waals surface area contributed by atoms with Gasteiger partial charge in [-0.2, -0.15) is 5.10 Å². The number of anilines is 3. The molecule has 0 aliphatic rings. The van der Waals surface area contributed by atoms with Crippen LogP contribution in [0.2, 0.25) is 0 Å². The van der Waals surface area contributed by atoms with Crippen LogP contribution >= 0.6 is 0 Å². The Labute approximate surface area is 119 Å². The Morgan fingerprint density at radius 2 is 2.00 bits per heavy atom. The molecule has 0 heterocycles. The first-order valence-electron chi connectivity index (χ1n) is 5.78. The third-order valence-corrected chi connectivity index (χ3v) is 2.48. The highest BCUT2D eigenvalue weighted by atomic mass is 16.8. The molecule has 1 aromatic carbocycles. The van der Waals surface area contributed by atoms with Gasteiger partial charge in [0.05, 0.1) is 12.1 Å². The van der Waals surface area contributed by atoms with E-state index in [2.05, 4.69) is 10.5 Å². The van der Waals surface area contributed by atoms with Gasteiger partial charge in [0.25, 0.3) is 0 Å². The fraction of sp³-hybridized carbons (Fsp3) is 0.273. The van der Waals surface area contributed by atoms with E-state index in [9.17, 15) is 15.2 Å². The average molecular weight is 298 g/mol. The maximum atomic E-state index is 10.6. The number of hydrogen-bond donors (Lipinski definition) is 4. The Hall–Kier alpha value is -2.40. The molecule has 0 aliphatic heterocycles. The van der Waals surface area contributed by atoms with Gasteiger partial charge in [0.2, 0.25) is 0 Å². The lowest BCUT2D eigenvalue weighted by Crippen LogP contribution is -2.14. The second-order valence-corrected chi connectivity index (χ2v) is 4.10. The van der Waals surface area contributed by atoms with Gasteiger partial charge in [0.15, 0.2) is 0 Å². The molecule has 21 heavy (non-hydrogen) atoms. The molecule has 0 saturated heterocycles. The quantitative estimate of drug-likeness (QED) is 0.435. The van der Waals surface area contributed by atoms with Crippen molar-refractivity contribution in [3.63, 3.8) is 0 Å². The van der Waals surface area contributed by atoms with Gasteiger partial charge in [0, 0.05) is 11.4 Å². The molecule has 0 radical (unpaired) electrons. The number of carbonyl (C=O) groups is 1. The Morgan fingerprint density at radius 3 is 2.52 bits per heavy atom. The Morgan fingerprint density at radius 1 is 1.33 bits per heavy atom. The number of hydrogen-bond acceptors (Lipinski definition) is 9. The van der Waals surface area contributed by atoms with Gasteiger partial charge in [-0.25, -0.2) is 0 Å². The Kier molecular flexibility index (Phi) is 5.87. The van der Waals surface area contributed by atoms with Crippen LogP contribution in [0.15, 0.2) is 23.3 Å². The second kappa shape index (κ2) is 7.40. The van der Waals surface area contributed by atoms with Crippen LogP contribution in [0.5, 0.6) is 0 Å². The summed E-state index contributed by atoms with van der Waals surface area (Å²) < 4.78 is 0. The molecule has 0 amide bonds. The van der Waals surface area contributed by atoms with E-state index < -0.39 is 11.2 Å². The second-order valence-electron chi connectivity index (χ2n) is 4.10. The van der Waals surface area contributed by atoms with E-state index in [0.717, 1.165) is 12.1 Å². The Bertz CT molecular complexity index is 531. The number of benzene rings is 1. The van der Waals surface area contributed by atoms with Crippen LogP contribution in [0.25, 0.3) is 0 Å². The minimum Gasteiger partial charge on any atom is -0.769 e. The zero-order valence-electron chi connectivity index (χ0n) is 11.1. The molecule has 0 aliphatic carbocycles. The number of nitrogens with one attached hydrogen (secondary N) is 1. The molecule has 10 heteroatoms. The summed E-state index contributed by atoms with van der Waals surface area (Å²) in [5, 5.41) is 50.8. The summed E-state index contributed by atoms with van der Waals surface area (Å²) in [4.78, 5) is 10.4. The van der Waals surface area contributed by atoms with E-state index in [1.165, 1.54) is 6.07 Å². The van der Waals surface area contributed by atoms with Gasteiger partial charge in [0.1, 0.15) is 5.69 Å². The summed E-state index contributed by atoms with van der Waals surface area (Å²) in [7, 11) is 0. The molecular formula is C11H14N4O6-2. The topological polar surface area (TPSA) is 155 Å². The lowest BCUT2D eigenvalue weighted by atomic mass is 10.2. The first-order valence-corrected chi connectivity index (χ1v) is 5.78. The third kappa shape index (κ3) is 5.24. The highest BCUT2D eigenvalue weighted by Gasteiger charge is 2.08. The normalized spacial score (nSPS) is 11.2. The van der Waals surface area contributed by atoms with E-state index in [-0.39, 0.29) is 35.1 Å². The first-order chi connectivity index (χ1) is 9.81. The van der Waals surface area contributed by atoms with Crippen molar-refractivity contribution in [2.45, 2.75) is 19.8 Å². The van der Waals surface area contributed by atoms with Crippen molar-refractivity contribution in [2.24, 2.45) is 5.10 Å². The highest BCUT2D eigenvalue weighted by Crippen LogP contribution is 2.29. The number of hydrazone groups is 1. The Balaban J connectivity index is 2.87. The van der Waals surface area contributed by atoms with Crippen molar-refractivity contribution in [2.75, 3.05) is 15.9 Å². The number of nitrogens with zero attached hydrogens (tertiary/aromatic N) is 3. The summed E-state index contributed by atoms with van der Waals surface area (Å²) in [5.41, 5.74) is 2.49. The molecule has 0 aromatic heterocycles. The van der Waals surface area contributed by atoms with Crippen molar-refractivity contribution in [3.8, 4) is 0 Å². The smallest absolute Gasteiger partial charge is 0.303 e. The molecule has 0 saturated carbocycles. The summed E-state index contributed by atoms with van der Waals surface area (Å²) in [6, 6.07) is 3.36. The number of carboxylic acid groups (broad SMARTS) is 1. The summed E-state index contributed by atoms with van der Waals surface area (Å²) in [6.45, 7) is 1.59. The fourth-order valence-corrected chi connectivity index (χ4v) is 1.39. The molecule has 116 valence electrons. The molecule has 0 atom stereocenters. The van der Waals surface area contributed by atoms with E-state index in [0.29, 0.717) is 5.71 Å². The number of aliphatic carboxylic acids is 1. The zero-order chi connectivity index (χ0) is 16.0. The van der Waals surface area contributed by atoms with Crippen LogP contribution in [-0.4, -0.2) is 27.2 Å². The molecule has 0 spiro atoms. The van der Waals surface area contributed by atoms with Gasteiger partial charge < -0.3 is 20.7 Å². The van der Waals surface area contributed by atoms with Crippen molar-refractivity contribution >= 4 is 28.7 Å². The average Bonchev–Trinajstić information content (AvgIpc) is 2.42. The lowest BCUT2D eigenvalue weighted by Gasteiger charge is -2.37. The predicted molar refractivity (Wildman–Crippen MR) is 75.3 cm³/mol. The molecule has 0 bridgehead atoms. The van der Waals surface area contributed by atoms with Crippen LogP contribution in [0, 0.1) is 10.4 Å². The van der Waals surface area contributed by atoms with Crippen LogP contribution in [-0.2, 0) is 4.79 Å². The molecule has 1 rings (SSSR count). The summed E-state index contributed by atoms with van der Waals surface area (Å²) in [6.07, 6.45) is 0.128. The van der Waals surface area contributed by atoms with Crippen LogP contribution in [0.3, 0.4) is 0 Å². The minimum atomic E-state index is -0.961. The van der Waals surface area contributed by atoms with E-state index in [1.807, 2.05) is 0 Å². The van der Waals surface area contributed by atoms with Gasteiger partial charge in [-0.1, -0.05) is 0 Å². The third-order valence-electron chi connectivity index (χ3n) is 2.48. The molecule has 0 fully saturated rings. The van der Waals surface area contributed by atoms with Crippen molar-refractivity contribution < 1.29 is 20.3 Å². The fourth-order valence-electron chi connectivity index (χ4n) is 1.39. The standard InChI is InChI=1S/C11H14N4O6/c1-7(2-5-11(16)17)12-13-9-4-3-8(14(18)19)6-10(9)15(20)21/h3-4,6,13,20-21H,2,5H2,1H3,(H,16,17)/q-2. The molecular weight excluding hydrogens is 284 g/mol. The van der Waals surface area contributed by atoms with E-state index >= 15 is 0 Å². The molecule has 10 nitrogen and oxygen atoms in total. The largest absolute Gasteiger partial charge is 0.769 e. The van der Waals surface area contributed by atoms with Gasteiger partial charge in [-0.05, 0) is 31.5 Å². The SMILES string of the molecule is CC(CCC(=O)O)=NNc1ccc(N([O-])[O-])cc1N(O)O. The number of carboxylic acids is 1. The maximum Gasteiger partial charge on any atom is 0.303 e. The molecule has 4 N–H and O–H groups in total. The highest BCUT2D eigenvalue weighted by molar-refractivity contribution is 5.86. The predicted octanol–water partition coefficient (Wildman–Crippen LogP) is 1.73. The summed E-state index contributed by atoms with van der Waals surface area (Å²) in [5.74, 6) is -0.961. The lowest BCUT2D eigenvalue weighted by molar-refractivity contribution is -0.136. The number of rotatable bonds is 7. The maximum absolute atomic E-state index is 10.6.